The van der Waals surface area contributed by atoms with E-state index in [1.54, 1.807) is 13.8 Å². The SMILES string of the molecule is CCOC(=O)C1(C(=O)OCC)CCCC(C#N)(C#N)C1CC(C)=O. The number of rotatable bonds is 6. The second-order valence-electron chi connectivity index (χ2n) is 5.92. The smallest absolute Gasteiger partial charge is 0.323 e. The molecule has 0 N–H and O–H groups in total. The summed E-state index contributed by atoms with van der Waals surface area (Å²) in [5.41, 5.74) is -3.41. The normalized spacial score (nSPS) is 21.0. The zero-order chi connectivity index (χ0) is 18.4. The fourth-order valence-corrected chi connectivity index (χ4v) is 3.44. The van der Waals surface area contributed by atoms with E-state index in [1.165, 1.54) is 6.92 Å². The van der Waals surface area contributed by atoms with Crippen molar-refractivity contribution in [3.63, 3.8) is 0 Å². The molecule has 0 radical (unpaired) electrons. The third-order valence-electron chi connectivity index (χ3n) is 4.50. The van der Waals surface area contributed by atoms with Crippen molar-refractivity contribution in [2.45, 2.75) is 46.5 Å². The van der Waals surface area contributed by atoms with Gasteiger partial charge in [-0.2, -0.15) is 10.5 Å². The quantitative estimate of drug-likeness (QED) is 0.538. The third-order valence-corrected chi connectivity index (χ3v) is 4.50. The molecule has 130 valence electrons. The Morgan fingerprint density at radius 3 is 1.92 bits per heavy atom. The number of ether oxygens (including phenoxy) is 2. The highest BCUT2D eigenvalue weighted by atomic mass is 16.6. The molecule has 0 aromatic heterocycles. The number of hydrogen-bond donors (Lipinski definition) is 0. The van der Waals surface area contributed by atoms with E-state index < -0.39 is 28.7 Å². The predicted octanol–water partition coefficient (Wildman–Crippen LogP) is 1.91. The Balaban J connectivity index is 3.58. The van der Waals surface area contributed by atoms with Gasteiger partial charge in [-0.3, -0.25) is 9.59 Å². The molecule has 24 heavy (non-hydrogen) atoms. The maximum atomic E-state index is 12.7. The van der Waals surface area contributed by atoms with E-state index in [1.807, 2.05) is 12.1 Å². The highest BCUT2D eigenvalue weighted by Crippen LogP contribution is 2.54. The van der Waals surface area contributed by atoms with E-state index in [2.05, 4.69) is 0 Å². The number of carbonyl (C=O) groups is 3. The highest BCUT2D eigenvalue weighted by Gasteiger charge is 2.64. The molecule has 1 rings (SSSR count). The van der Waals surface area contributed by atoms with Crippen LogP contribution in [-0.4, -0.2) is 30.9 Å². The van der Waals surface area contributed by atoms with E-state index in [9.17, 15) is 24.9 Å². The highest BCUT2D eigenvalue weighted by molar-refractivity contribution is 6.01. The van der Waals surface area contributed by atoms with Gasteiger partial charge in [-0.15, -0.1) is 0 Å². The Kier molecular flexibility index (Phi) is 6.48. The molecule has 1 aliphatic carbocycles. The summed E-state index contributed by atoms with van der Waals surface area (Å²) in [4.78, 5) is 37.1. The second kappa shape index (κ2) is 7.92. The average molecular weight is 334 g/mol. The Bertz CT molecular complexity index is 567. The molecule has 0 bridgehead atoms. The number of nitriles is 2. The summed E-state index contributed by atoms with van der Waals surface area (Å²) in [7, 11) is 0. The summed E-state index contributed by atoms with van der Waals surface area (Å²) in [6, 6.07) is 3.88. The molecule has 0 saturated heterocycles. The molecule has 0 amide bonds. The van der Waals surface area contributed by atoms with Crippen molar-refractivity contribution < 1.29 is 23.9 Å². The van der Waals surface area contributed by atoms with E-state index in [0.29, 0.717) is 6.42 Å². The van der Waals surface area contributed by atoms with Crippen LogP contribution in [0, 0.1) is 39.4 Å². The van der Waals surface area contributed by atoms with Crippen LogP contribution in [-0.2, 0) is 23.9 Å². The van der Waals surface area contributed by atoms with E-state index in [-0.39, 0.29) is 38.3 Å². The Labute approximate surface area is 141 Å². The van der Waals surface area contributed by atoms with Crippen LogP contribution in [0.3, 0.4) is 0 Å². The van der Waals surface area contributed by atoms with Crippen LogP contribution in [0.1, 0.15) is 46.5 Å². The maximum Gasteiger partial charge on any atom is 0.323 e. The zero-order valence-corrected chi connectivity index (χ0v) is 14.3. The van der Waals surface area contributed by atoms with Crippen molar-refractivity contribution in [2.24, 2.45) is 16.7 Å². The summed E-state index contributed by atoms with van der Waals surface area (Å²) in [5, 5.41) is 19.2. The van der Waals surface area contributed by atoms with Gasteiger partial charge in [-0.05, 0) is 40.0 Å². The van der Waals surface area contributed by atoms with Crippen LogP contribution < -0.4 is 0 Å². The van der Waals surface area contributed by atoms with Crippen molar-refractivity contribution in [2.75, 3.05) is 13.2 Å². The lowest BCUT2D eigenvalue weighted by Gasteiger charge is -2.45. The first-order chi connectivity index (χ1) is 11.3. The van der Waals surface area contributed by atoms with Gasteiger partial charge < -0.3 is 14.3 Å². The maximum absolute atomic E-state index is 12.7. The van der Waals surface area contributed by atoms with Gasteiger partial charge in [0.2, 0.25) is 0 Å². The lowest BCUT2D eigenvalue weighted by atomic mass is 9.53. The second-order valence-corrected chi connectivity index (χ2v) is 5.92. The van der Waals surface area contributed by atoms with Gasteiger partial charge in [0.1, 0.15) is 11.2 Å². The summed E-state index contributed by atoms with van der Waals surface area (Å²) < 4.78 is 10.2. The molecule has 0 aliphatic heterocycles. The topological polar surface area (TPSA) is 117 Å². The zero-order valence-electron chi connectivity index (χ0n) is 14.3. The van der Waals surface area contributed by atoms with Crippen LogP contribution in [0.25, 0.3) is 0 Å². The number of carbonyl (C=O) groups excluding carboxylic acids is 3. The van der Waals surface area contributed by atoms with Crippen LogP contribution in [0.15, 0.2) is 0 Å². The average Bonchev–Trinajstić information content (AvgIpc) is 2.55. The molecule has 0 heterocycles. The molecule has 7 heteroatoms. The summed E-state index contributed by atoms with van der Waals surface area (Å²) in [6.45, 7) is 4.58. The van der Waals surface area contributed by atoms with Crippen LogP contribution in [0.2, 0.25) is 0 Å². The van der Waals surface area contributed by atoms with E-state index in [4.69, 9.17) is 9.47 Å². The first kappa shape index (κ1) is 19.6. The van der Waals surface area contributed by atoms with Crippen LogP contribution in [0.4, 0.5) is 0 Å². The van der Waals surface area contributed by atoms with Crippen molar-refractivity contribution in [3.05, 3.63) is 0 Å². The standard InChI is InChI=1S/C17H22N2O5/c1-4-23-14(21)17(15(22)24-5-2)8-6-7-16(10-18,11-19)13(17)9-12(3)20/h13H,4-9H2,1-3H3. The summed E-state index contributed by atoms with van der Waals surface area (Å²) >= 11 is 0. The number of Topliss-reactive ketones (excluding diaryl/α,β-unsaturated/α-hetero) is 1. The largest absolute Gasteiger partial charge is 0.465 e. The minimum absolute atomic E-state index is 0.0406. The molecule has 1 fully saturated rings. The molecule has 7 nitrogen and oxygen atoms in total. The van der Waals surface area contributed by atoms with Crippen molar-refractivity contribution in [3.8, 4) is 12.1 Å². The van der Waals surface area contributed by atoms with Crippen molar-refractivity contribution in [1.82, 2.24) is 0 Å². The molecule has 0 aromatic carbocycles. The molecule has 1 aliphatic rings. The van der Waals surface area contributed by atoms with E-state index >= 15 is 0 Å². The molecule has 1 atom stereocenters. The van der Waals surface area contributed by atoms with Gasteiger partial charge in [0.05, 0.1) is 25.4 Å². The van der Waals surface area contributed by atoms with E-state index in [0.717, 1.165) is 0 Å². The lowest BCUT2D eigenvalue weighted by molar-refractivity contribution is -0.183. The first-order valence-electron chi connectivity index (χ1n) is 8.01. The Hall–Kier alpha value is -2.41. The van der Waals surface area contributed by atoms with Crippen LogP contribution >= 0.6 is 0 Å². The first-order valence-corrected chi connectivity index (χ1v) is 8.01. The Morgan fingerprint density at radius 1 is 1.04 bits per heavy atom. The summed E-state index contributed by atoms with van der Waals surface area (Å²) in [5.74, 6) is -3.06. The molecule has 1 unspecified atom stereocenters. The van der Waals surface area contributed by atoms with Gasteiger partial charge in [0, 0.05) is 12.3 Å². The predicted molar refractivity (Wildman–Crippen MR) is 82.0 cm³/mol. The van der Waals surface area contributed by atoms with Gasteiger partial charge in [-0.25, -0.2) is 0 Å². The minimum atomic E-state index is -1.80. The fourth-order valence-electron chi connectivity index (χ4n) is 3.44. The number of hydrogen-bond acceptors (Lipinski definition) is 7. The molecule has 1 saturated carbocycles. The third kappa shape index (κ3) is 3.26. The number of ketones is 1. The molecule has 0 aromatic rings. The van der Waals surface area contributed by atoms with Crippen molar-refractivity contribution in [1.29, 1.82) is 10.5 Å². The molecular formula is C17H22N2O5. The van der Waals surface area contributed by atoms with Crippen LogP contribution in [0.5, 0.6) is 0 Å². The Morgan fingerprint density at radius 2 is 1.54 bits per heavy atom. The summed E-state index contributed by atoms with van der Waals surface area (Å²) in [6.07, 6.45) is 0.359. The van der Waals surface area contributed by atoms with Gasteiger partial charge in [-0.1, -0.05) is 0 Å². The monoisotopic (exact) mass is 334 g/mol. The molecule has 0 spiro atoms. The van der Waals surface area contributed by atoms with Gasteiger partial charge >= 0.3 is 11.9 Å². The van der Waals surface area contributed by atoms with Gasteiger partial charge in [0.15, 0.2) is 5.41 Å². The minimum Gasteiger partial charge on any atom is -0.465 e. The lowest BCUT2D eigenvalue weighted by Crippen LogP contribution is -2.56. The van der Waals surface area contributed by atoms with Gasteiger partial charge in [0.25, 0.3) is 0 Å². The number of esters is 2. The fraction of sp³-hybridized carbons (Fsp3) is 0.706. The molecular weight excluding hydrogens is 312 g/mol. The van der Waals surface area contributed by atoms with Crippen molar-refractivity contribution >= 4 is 17.7 Å². The number of nitrogens with zero attached hydrogens (tertiary/aromatic N) is 2.